The van der Waals surface area contributed by atoms with E-state index in [0.717, 1.165) is 5.56 Å². The van der Waals surface area contributed by atoms with Crippen molar-refractivity contribution in [3.8, 4) is 11.4 Å². The monoisotopic (exact) mass is 190 g/mol. The molecular formula is C10H10N2O2. The number of nitrogens with zero attached hydrogens (tertiary/aromatic N) is 2. The molecule has 0 aliphatic rings. The van der Waals surface area contributed by atoms with Crippen molar-refractivity contribution in [2.24, 2.45) is 0 Å². The van der Waals surface area contributed by atoms with Crippen molar-refractivity contribution >= 4 is 0 Å². The van der Waals surface area contributed by atoms with Gasteiger partial charge in [0.25, 0.3) is 5.89 Å². The van der Waals surface area contributed by atoms with Gasteiger partial charge < -0.3 is 9.63 Å². The quantitative estimate of drug-likeness (QED) is 0.780. The van der Waals surface area contributed by atoms with Gasteiger partial charge in [-0.15, -0.1) is 0 Å². The molecule has 2 aromatic rings. The highest BCUT2D eigenvalue weighted by Crippen LogP contribution is 2.15. The number of aryl methyl sites for hydroxylation is 1. The summed E-state index contributed by atoms with van der Waals surface area (Å²) < 4.78 is 4.79. The Labute approximate surface area is 81.2 Å². The van der Waals surface area contributed by atoms with E-state index in [9.17, 15) is 0 Å². The Kier molecular flexibility index (Phi) is 2.28. The van der Waals surface area contributed by atoms with Crippen LogP contribution in [0.15, 0.2) is 28.8 Å². The Balaban J connectivity index is 2.34. The van der Waals surface area contributed by atoms with E-state index >= 15 is 0 Å². The van der Waals surface area contributed by atoms with Crippen LogP contribution in [0.5, 0.6) is 0 Å². The molecule has 72 valence electrons. The predicted octanol–water partition coefficient (Wildman–Crippen LogP) is 1.54. The lowest BCUT2D eigenvalue weighted by Crippen LogP contribution is -1.83. The Bertz CT molecular complexity index is 420. The van der Waals surface area contributed by atoms with Crippen molar-refractivity contribution in [3.63, 3.8) is 0 Å². The third-order valence-corrected chi connectivity index (χ3v) is 1.91. The van der Waals surface area contributed by atoms with Crippen LogP contribution in [0.3, 0.4) is 0 Å². The molecule has 0 saturated heterocycles. The first kappa shape index (κ1) is 8.90. The smallest absolute Gasteiger partial charge is 0.252 e. The van der Waals surface area contributed by atoms with Gasteiger partial charge in [0.1, 0.15) is 6.61 Å². The molecule has 0 radical (unpaired) electrons. The molecule has 0 aliphatic heterocycles. The number of aromatic nitrogens is 2. The molecule has 0 fully saturated rings. The molecule has 0 spiro atoms. The molecule has 0 aliphatic carbocycles. The zero-order valence-corrected chi connectivity index (χ0v) is 7.77. The first-order valence-corrected chi connectivity index (χ1v) is 4.30. The number of aliphatic hydroxyl groups is 1. The van der Waals surface area contributed by atoms with Gasteiger partial charge in [0, 0.05) is 5.56 Å². The van der Waals surface area contributed by atoms with Gasteiger partial charge in [0.05, 0.1) is 0 Å². The fourth-order valence-corrected chi connectivity index (χ4v) is 1.14. The van der Waals surface area contributed by atoms with Crippen LogP contribution in [0.1, 0.15) is 11.5 Å². The maximum atomic E-state index is 8.75. The largest absolute Gasteiger partial charge is 0.387 e. The van der Waals surface area contributed by atoms with E-state index in [1.807, 2.05) is 31.2 Å². The first-order valence-electron chi connectivity index (χ1n) is 4.30. The zero-order chi connectivity index (χ0) is 9.97. The minimum atomic E-state index is -0.223. The zero-order valence-electron chi connectivity index (χ0n) is 7.77. The molecule has 4 heteroatoms. The van der Waals surface area contributed by atoms with E-state index in [1.54, 1.807) is 0 Å². The number of benzene rings is 1. The fraction of sp³-hybridized carbons (Fsp3) is 0.200. The van der Waals surface area contributed by atoms with Gasteiger partial charge in [-0.2, -0.15) is 4.98 Å². The van der Waals surface area contributed by atoms with Crippen molar-refractivity contribution in [2.75, 3.05) is 0 Å². The van der Waals surface area contributed by atoms with Crippen LogP contribution in [-0.2, 0) is 6.61 Å². The first-order chi connectivity index (χ1) is 6.79. The summed E-state index contributed by atoms with van der Waals surface area (Å²) in [5.74, 6) is 0.745. The van der Waals surface area contributed by atoms with E-state index in [4.69, 9.17) is 9.63 Å². The van der Waals surface area contributed by atoms with Crippen LogP contribution in [0, 0.1) is 6.92 Å². The molecule has 0 amide bonds. The van der Waals surface area contributed by atoms with Crippen LogP contribution in [-0.4, -0.2) is 15.2 Å². The topological polar surface area (TPSA) is 59.2 Å². The normalized spacial score (nSPS) is 10.4. The second-order valence-electron chi connectivity index (χ2n) is 3.04. The maximum Gasteiger partial charge on any atom is 0.252 e. The minimum Gasteiger partial charge on any atom is -0.387 e. The lowest BCUT2D eigenvalue weighted by atomic mass is 10.1. The Morgan fingerprint density at radius 3 is 2.57 bits per heavy atom. The summed E-state index contributed by atoms with van der Waals surface area (Å²) in [7, 11) is 0. The van der Waals surface area contributed by atoms with E-state index in [0.29, 0.717) is 5.82 Å². The summed E-state index contributed by atoms with van der Waals surface area (Å²) in [5.41, 5.74) is 2.07. The highest BCUT2D eigenvalue weighted by Gasteiger charge is 2.06. The average molecular weight is 190 g/mol. The number of hydrogen-bond donors (Lipinski definition) is 1. The standard InChI is InChI=1S/C10H10N2O2/c1-7-2-4-8(5-3-7)10-11-9(6-13)14-12-10/h2-5,13H,6H2,1H3. The van der Waals surface area contributed by atoms with Gasteiger partial charge in [0.15, 0.2) is 0 Å². The highest BCUT2D eigenvalue weighted by molar-refractivity contribution is 5.54. The lowest BCUT2D eigenvalue weighted by Gasteiger charge is -1.94. The van der Waals surface area contributed by atoms with Crippen molar-refractivity contribution in [1.82, 2.24) is 10.1 Å². The third-order valence-electron chi connectivity index (χ3n) is 1.91. The molecule has 0 saturated carbocycles. The molecule has 0 bridgehead atoms. The van der Waals surface area contributed by atoms with Gasteiger partial charge >= 0.3 is 0 Å². The second kappa shape index (κ2) is 3.59. The molecule has 1 N–H and O–H groups in total. The minimum absolute atomic E-state index is 0.223. The molecule has 0 unspecified atom stereocenters. The van der Waals surface area contributed by atoms with Crippen molar-refractivity contribution in [1.29, 1.82) is 0 Å². The average Bonchev–Trinajstić information content (AvgIpc) is 2.67. The van der Waals surface area contributed by atoms with E-state index in [-0.39, 0.29) is 12.5 Å². The number of rotatable bonds is 2. The van der Waals surface area contributed by atoms with E-state index in [1.165, 1.54) is 5.56 Å². The second-order valence-corrected chi connectivity index (χ2v) is 3.04. The number of hydrogen-bond acceptors (Lipinski definition) is 4. The van der Waals surface area contributed by atoms with Crippen LogP contribution in [0.2, 0.25) is 0 Å². The van der Waals surface area contributed by atoms with Crippen LogP contribution in [0.4, 0.5) is 0 Å². The summed E-state index contributed by atoms with van der Waals surface area (Å²) in [6.45, 7) is 1.79. The predicted molar refractivity (Wildman–Crippen MR) is 50.4 cm³/mol. The number of aliphatic hydroxyl groups excluding tert-OH is 1. The molecule has 0 atom stereocenters. The molecular weight excluding hydrogens is 180 g/mol. The summed E-state index contributed by atoms with van der Waals surface area (Å²) in [6, 6.07) is 7.79. The summed E-state index contributed by atoms with van der Waals surface area (Å²) in [6.07, 6.45) is 0. The Hall–Kier alpha value is -1.68. The molecule has 2 rings (SSSR count). The SMILES string of the molecule is Cc1ccc(-c2noc(CO)n2)cc1. The van der Waals surface area contributed by atoms with Gasteiger partial charge in [-0.25, -0.2) is 0 Å². The molecule has 14 heavy (non-hydrogen) atoms. The van der Waals surface area contributed by atoms with Crippen LogP contribution >= 0.6 is 0 Å². The maximum absolute atomic E-state index is 8.75. The van der Waals surface area contributed by atoms with E-state index < -0.39 is 0 Å². The van der Waals surface area contributed by atoms with Crippen molar-refractivity contribution in [3.05, 3.63) is 35.7 Å². The van der Waals surface area contributed by atoms with E-state index in [2.05, 4.69) is 10.1 Å². The molecule has 1 heterocycles. The Morgan fingerprint density at radius 1 is 1.29 bits per heavy atom. The van der Waals surface area contributed by atoms with Crippen LogP contribution in [0.25, 0.3) is 11.4 Å². The molecule has 4 nitrogen and oxygen atoms in total. The van der Waals surface area contributed by atoms with Crippen LogP contribution < -0.4 is 0 Å². The lowest BCUT2D eigenvalue weighted by molar-refractivity contribution is 0.222. The van der Waals surface area contributed by atoms with Gasteiger partial charge in [-0.1, -0.05) is 35.0 Å². The fourth-order valence-electron chi connectivity index (χ4n) is 1.14. The third kappa shape index (κ3) is 1.65. The molecule has 1 aromatic carbocycles. The Morgan fingerprint density at radius 2 is 2.00 bits per heavy atom. The highest BCUT2D eigenvalue weighted by atomic mass is 16.5. The van der Waals surface area contributed by atoms with Gasteiger partial charge in [-0.05, 0) is 6.92 Å². The molecule has 1 aromatic heterocycles. The summed E-state index contributed by atoms with van der Waals surface area (Å²) in [5, 5.41) is 12.5. The summed E-state index contributed by atoms with van der Waals surface area (Å²) in [4.78, 5) is 4.00. The van der Waals surface area contributed by atoms with Crippen molar-refractivity contribution < 1.29 is 9.63 Å². The van der Waals surface area contributed by atoms with Crippen molar-refractivity contribution in [2.45, 2.75) is 13.5 Å². The van der Waals surface area contributed by atoms with Gasteiger partial charge in [-0.3, -0.25) is 0 Å². The summed E-state index contributed by atoms with van der Waals surface area (Å²) >= 11 is 0. The van der Waals surface area contributed by atoms with Gasteiger partial charge in [0.2, 0.25) is 5.82 Å².